The Balaban J connectivity index is 1.27. The van der Waals surface area contributed by atoms with E-state index in [4.69, 9.17) is 0 Å². The summed E-state index contributed by atoms with van der Waals surface area (Å²) < 4.78 is 0. The van der Waals surface area contributed by atoms with Gasteiger partial charge in [0.15, 0.2) is 0 Å². The van der Waals surface area contributed by atoms with E-state index in [9.17, 15) is 0 Å². The first-order valence-corrected chi connectivity index (χ1v) is 16.6. The quantitative estimate of drug-likeness (QED) is 0.138. The van der Waals surface area contributed by atoms with E-state index in [0.29, 0.717) is 0 Å². The molecule has 9 aromatic rings. The number of hydrogen-bond donors (Lipinski definition) is 0. The average Bonchev–Trinajstić information content (AvgIpc) is 3.33. The summed E-state index contributed by atoms with van der Waals surface area (Å²) in [4.78, 5) is 0. The second-order valence-corrected chi connectivity index (χ2v) is 13.7. The van der Waals surface area contributed by atoms with Crippen LogP contribution in [0.25, 0.3) is 87.2 Å². The van der Waals surface area contributed by atoms with Crippen molar-refractivity contribution in [3.05, 3.63) is 169 Å². The van der Waals surface area contributed by atoms with Crippen LogP contribution in [0.15, 0.2) is 158 Å². The molecule has 9 aromatic carbocycles. The molecule has 0 nitrogen and oxygen atoms in total. The highest BCUT2D eigenvalue weighted by Gasteiger charge is 2.36. The maximum absolute atomic E-state index is 2.47. The SMILES string of the molecule is CC1(C)c2ccc(-c3c4ccccc4c(-c4cccc5c4ccc4ccccc45)c4ccccc34)cc2-c2cc3ccccc3cc21. The molecule has 0 N–H and O–H groups in total. The smallest absolute Gasteiger partial charge is 0.0159 e. The number of hydrogen-bond acceptors (Lipinski definition) is 0. The van der Waals surface area contributed by atoms with Crippen LogP contribution in [0.2, 0.25) is 0 Å². The second-order valence-electron chi connectivity index (χ2n) is 13.7. The van der Waals surface area contributed by atoms with Gasteiger partial charge in [-0.15, -0.1) is 0 Å². The standard InChI is InChI=1S/C47H32/c1-47(2)43-25-23-32(27-41(43)42-26-30-13-3-4-14-31(30)28-44(42)47)45-37-16-7-9-18-39(37)46(40-19-10-8-17-38(40)45)36-21-11-20-34-33-15-6-5-12-29(33)22-24-35(34)36/h3-28H,1-2H3. The van der Waals surface area contributed by atoms with E-state index in [-0.39, 0.29) is 5.41 Å². The lowest BCUT2D eigenvalue weighted by atomic mass is 9.81. The minimum Gasteiger partial charge on any atom is -0.0616 e. The molecule has 0 saturated carbocycles. The van der Waals surface area contributed by atoms with Crippen LogP contribution in [-0.2, 0) is 5.41 Å². The summed E-state index contributed by atoms with van der Waals surface area (Å²) in [5.74, 6) is 0. The molecule has 0 radical (unpaired) electrons. The Hall–Kier alpha value is -5.72. The van der Waals surface area contributed by atoms with Gasteiger partial charge >= 0.3 is 0 Å². The van der Waals surface area contributed by atoms with Gasteiger partial charge < -0.3 is 0 Å². The van der Waals surface area contributed by atoms with Crippen LogP contribution >= 0.6 is 0 Å². The molecule has 0 unspecified atom stereocenters. The third-order valence-corrected chi connectivity index (χ3v) is 10.8. The van der Waals surface area contributed by atoms with Gasteiger partial charge in [-0.05, 0) is 117 Å². The predicted molar refractivity (Wildman–Crippen MR) is 202 cm³/mol. The van der Waals surface area contributed by atoms with E-state index in [1.807, 2.05) is 0 Å². The van der Waals surface area contributed by atoms with Gasteiger partial charge in [-0.3, -0.25) is 0 Å². The highest BCUT2D eigenvalue weighted by atomic mass is 14.4. The summed E-state index contributed by atoms with van der Waals surface area (Å²) in [5, 5.41) is 12.9. The minimum atomic E-state index is -0.0558. The van der Waals surface area contributed by atoms with Gasteiger partial charge in [0.2, 0.25) is 0 Å². The molecule has 0 amide bonds. The summed E-state index contributed by atoms with van der Waals surface area (Å²) in [6.07, 6.45) is 0. The fourth-order valence-corrected chi connectivity index (χ4v) is 8.58. The van der Waals surface area contributed by atoms with Crippen LogP contribution in [0.3, 0.4) is 0 Å². The van der Waals surface area contributed by atoms with E-state index in [0.717, 1.165) is 0 Å². The van der Waals surface area contributed by atoms with Gasteiger partial charge in [-0.1, -0.05) is 153 Å². The lowest BCUT2D eigenvalue weighted by Crippen LogP contribution is -2.14. The summed E-state index contributed by atoms with van der Waals surface area (Å²) in [6, 6.07) is 59.0. The van der Waals surface area contributed by atoms with Gasteiger partial charge in [0.1, 0.15) is 0 Å². The van der Waals surface area contributed by atoms with Gasteiger partial charge in [-0.2, -0.15) is 0 Å². The van der Waals surface area contributed by atoms with Crippen LogP contribution in [0, 0.1) is 0 Å². The van der Waals surface area contributed by atoms with Crippen molar-refractivity contribution >= 4 is 53.9 Å². The van der Waals surface area contributed by atoms with Gasteiger partial charge in [0.05, 0.1) is 0 Å². The van der Waals surface area contributed by atoms with E-state index in [1.54, 1.807) is 0 Å². The van der Waals surface area contributed by atoms with Crippen LogP contribution in [0.5, 0.6) is 0 Å². The predicted octanol–water partition coefficient (Wildman–Crippen LogP) is 13.1. The van der Waals surface area contributed by atoms with Crippen molar-refractivity contribution in [1.29, 1.82) is 0 Å². The lowest BCUT2D eigenvalue weighted by molar-refractivity contribution is 0.661. The number of benzene rings is 9. The molecular weight excluding hydrogens is 565 g/mol. The minimum absolute atomic E-state index is 0.0558. The molecule has 10 rings (SSSR count). The fourth-order valence-electron chi connectivity index (χ4n) is 8.58. The van der Waals surface area contributed by atoms with E-state index >= 15 is 0 Å². The third kappa shape index (κ3) is 3.70. The van der Waals surface area contributed by atoms with Crippen LogP contribution in [0.1, 0.15) is 25.0 Å². The van der Waals surface area contributed by atoms with Crippen LogP contribution < -0.4 is 0 Å². The normalized spacial score (nSPS) is 13.5. The first-order valence-electron chi connectivity index (χ1n) is 16.6. The molecule has 1 aliphatic carbocycles. The van der Waals surface area contributed by atoms with Crippen molar-refractivity contribution in [2.45, 2.75) is 19.3 Å². The molecule has 0 aliphatic heterocycles. The van der Waals surface area contributed by atoms with E-state index in [2.05, 4.69) is 172 Å². The van der Waals surface area contributed by atoms with Crippen molar-refractivity contribution in [3.8, 4) is 33.4 Å². The highest BCUT2D eigenvalue weighted by Crippen LogP contribution is 2.52. The van der Waals surface area contributed by atoms with E-state index in [1.165, 1.54) is 98.4 Å². The lowest BCUT2D eigenvalue weighted by Gasteiger charge is -2.22. The van der Waals surface area contributed by atoms with Crippen molar-refractivity contribution in [1.82, 2.24) is 0 Å². The molecular formula is C47H32. The second kappa shape index (κ2) is 9.64. The molecule has 0 aromatic heterocycles. The van der Waals surface area contributed by atoms with Crippen LogP contribution in [-0.4, -0.2) is 0 Å². The molecule has 220 valence electrons. The largest absolute Gasteiger partial charge is 0.0616 e. The summed E-state index contributed by atoms with van der Waals surface area (Å²) in [6.45, 7) is 4.75. The molecule has 47 heavy (non-hydrogen) atoms. The Labute approximate surface area is 274 Å². The number of fused-ring (bicyclic) bond motifs is 9. The third-order valence-electron chi connectivity index (χ3n) is 10.8. The molecule has 0 spiro atoms. The van der Waals surface area contributed by atoms with Crippen molar-refractivity contribution in [2.24, 2.45) is 0 Å². The Morgan fingerprint density at radius 3 is 1.57 bits per heavy atom. The van der Waals surface area contributed by atoms with Crippen LogP contribution in [0.4, 0.5) is 0 Å². The average molecular weight is 597 g/mol. The first kappa shape index (κ1) is 26.5. The number of rotatable bonds is 2. The monoisotopic (exact) mass is 596 g/mol. The summed E-state index contributed by atoms with van der Waals surface area (Å²) in [7, 11) is 0. The Bertz CT molecular complexity index is 2700. The topological polar surface area (TPSA) is 0 Å². The van der Waals surface area contributed by atoms with Crippen molar-refractivity contribution in [2.75, 3.05) is 0 Å². The van der Waals surface area contributed by atoms with Crippen molar-refractivity contribution < 1.29 is 0 Å². The Morgan fingerprint density at radius 2 is 0.872 bits per heavy atom. The molecule has 0 heteroatoms. The molecule has 0 atom stereocenters. The fraction of sp³-hybridized carbons (Fsp3) is 0.0638. The zero-order valence-electron chi connectivity index (χ0n) is 26.5. The zero-order chi connectivity index (χ0) is 31.3. The molecule has 0 heterocycles. The molecule has 1 aliphatic rings. The maximum Gasteiger partial charge on any atom is 0.0159 e. The summed E-state index contributed by atoms with van der Waals surface area (Å²) >= 11 is 0. The maximum atomic E-state index is 2.47. The Morgan fingerprint density at radius 1 is 0.319 bits per heavy atom. The first-order chi connectivity index (χ1) is 23.1. The summed E-state index contributed by atoms with van der Waals surface area (Å²) in [5.41, 5.74) is 10.6. The van der Waals surface area contributed by atoms with Crippen molar-refractivity contribution in [3.63, 3.8) is 0 Å². The van der Waals surface area contributed by atoms with Gasteiger partial charge in [0, 0.05) is 5.41 Å². The van der Waals surface area contributed by atoms with E-state index < -0.39 is 0 Å². The molecule has 0 saturated heterocycles. The molecule has 0 bridgehead atoms. The molecule has 0 fully saturated rings. The van der Waals surface area contributed by atoms with Gasteiger partial charge in [-0.25, -0.2) is 0 Å². The zero-order valence-corrected chi connectivity index (χ0v) is 26.5. The highest BCUT2D eigenvalue weighted by molar-refractivity contribution is 6.25. The van der Waals surface area contributed by atoms with Gasteiger partial charge in [0.25, 0.3) is 0 Å². The Kier molecular flexibility index (Phi) is 5.44.